The Labute approximate surface area is 175 Å². The Bertz CT molecular complexity index is 964. The molecule has 0 saturated heterocycles. The number of ether oxygens (including phenoxy) is 1. The SMILES string of the molecule is CC(C)[C@H](NS(=O)(=O)/C=C/c1ccccc1)C(=O)NCc1ccccc1OC(F)F. The second-order valence-corrected chi connectivity index (χ2v) is 8.40. The summed E-state index contributed by atoms with van der Waals surface area (Å²) in [5, 5.41) is 3.57. The van der Waals surface area contributed by atoms with Crippen molar-refractivity contribution < 1.29 is 26.7 Å². The lowest BCUT2D eigenvalue weighted by Crippen LogP contribution is -2.48. The van der Waals surface area contributed by atoms with Crippen LogP contribution in [0.15, 0.2) is 60.0 Å². The number of hydrogen-bond acceptors (Lipinski definition) is 4. The lowest BCUT2D eigenvalue weighted by molar-refractivity contribution is -0.123. The summed E-state index contributed by atoms with van der Waals surface area (Å²) in [7, 11) is -3.89. The zero-order chi connectivity index (χ0) is 22.1. The zero-order valence-corrected chi connectivity index (χ0v) is 17.4. The van der Waals surface area contributed by atoms with Crippen LogP contribution < -0.4 is 14.8 Å². The molecule has 0 aromatic heterocycles. The number of sulfonamides is 1. The van der Waals surface area contributed by atoms with Crippen LogP contribution in [-0.2, 0) is 21.4 Å². The highest BCUT2D eigenvalue weighted by Gasteiger charge is 2.26. The van der Waals surface area contributed by atoms with E-state index in [1.54, 1.807) is 44.2 Å². The Hall–Kier alpha value is -2.78. The summed E-state index contributed by atoms with van der Waals surface area (Å²) >= 11 is 0. The standard InChI is InChI=1S/C21H24F2N2O4S/c1-15(2)19(25-30(27,28)13-12-16-8-4-3-5-9-16)20(26)24-14-17-10-6-7-11-18(17)29-21(22)23/h3-13,15,19,21,25H,14H2,1-2H3,(H,24,26)/b13-12+/t19-/m0/s1. The molecule has 6 nitrogen and oxygen atoms in total. The molecular formula is C21H24F2N2O4S. The molecule has 0 heterocycles. The molecule has 1 atom stereocenters. The van der Waals surface area contributed by atoms with Crippen LogP contribution in [-0.4, -0.2) is 27.0 Å². The topological polar surface area (TPSA) is 84.5 Å². The highest BCUT2D eigenvalue weighted by atomic mass is 32.2. The normalized spacial score (nSPS) is 13.0. The highest BCUT2D eigenvalue weighted by Crippen LogP contribution is 2.20. The minimum atomic E-state index is -3.89. The minimum Gasteiger partial charge on any atom is -0.434 e. The molecular weight excluding hydrogens is 414 g/mol. The molecule has 9 heteroatoms. The van der Waals surface area contributed by atoms with Gasteiger partial charge in [-0.3, -0.25) is 4.79 Å². The predicted molar refractivity (Wildman–Crippen MR) is 111 cm³/mol. The van der Waals surface area contributed by atoms with E-state index in [1.165, 1.54) is 24.3 Å². The number of rotatable bonds is 10. The van der Waals surface area contributed by atoms with E-state index in [9.17, 15) is 22.0 Å². The van der Waals surface area contributed by atoms with Crippen LogP contribution in [0.1, 0.15) is 25.0 Å². The van der Waals surface area contributed by atoms with E-state index >= 15 is 0 Å². The lowest BCUT2D eigenvalue weighted by atomic mass is 10.0. The summed E-state index contributed by atoms with van der Waals surface area (Å²) in [6.07, 6.45) is 1.43. The third kappa shape index (κ3) is 7.57. The second kappa shape index (κ2) is 10.8. The van der Waals surface area contributed by atoms with Gasteiger partial charge in [0.1, 0.15) is 11.8 Å². The van der Waals surface area contributed by atoms with Gasteiger partial charge in [0.15, 0.2) is 0 Å². The van der Waals surface area contributed by atoms with E-state index in [1.807, 2.05) is 6.07 Å². The summed E-state index contributed by atoms with van der Waals surface area (Å²) < 4.78 is 56.6. The molecule has 0 saturated carbocycles. The summed E-state index contributed by atoms with van der Waals surface area (Å²) in [6, 6.07) is 13.9. The van der Waals surface area contributed by atoms with Crippen LogP contribution in [0, 0.1) is 5.92 Å². The van der Waals surface area contributed by atoms with Gasteiger partial charge in [-0.1, -0.05) is 62.4 Å². The molecule has 1 amide bonds. The van der Waals surface area contributed by atoms with Gasteiger partial charge in [-0.25, -0.2) is 8.42 Å². The third-order valence-corrected chi connectivity index (χ3v) is 5.20. The van der Waals surface area contributed by atoms with Crippen LogP contribution in [0.2, 0.25) is 0 Å². The maximum atomic E-state index is 12.6. The van der Waals surface area contributed by atoms with Crippen molar-refractivity contribution in [1.29, 1.82) is 0 Å². The molecule has 0 unspecified atom stereocenters. The molecule has 0 spiro atoms. The van der Waals surface area contributed by atoms with Crippen molar-refractivity contribution in [1.82, 2.24) is 10.0 Å². The first-order valence-electron chi connectivity index (χ1n) is 9.24. The van der Waals surface area contributed by atoms with Gasteiger partial charge < -0.3 is 10.1 Å². The van der Waals surface area contributed by atoms with Crippen LogP contribution in [0.25, 0.3) is 6.08 Å². The average Bonchev–Trinajstić information content (AvgIpc) is 2.70. The molecule has 0 fully saturated rings. The summed E-state index contributed by atoms with van der Waals surface area (Å²) in [4.78, 5) is 12.6. The number of carbonyl (C=O) groups is 1. The Morgan fingerprint density at radius 2 is 1.70 bits per heavy atom. The van der Waals surface area contributed by atoms with Gasteiger partial charge in [-0.2, -0.15) is 13.5 Å². The van der Waals surface area contributed by atoms with Gasteiger partial charge in [0, 0.05) is 17.5 Å². The molecule has 0 aliphatic carbocycles. The van der Waals surface area contributed by atoms with Crippen molar-refractivity contribution in [2.75, 3.05) is 0 Å². The highest BCUT2D eigenvalue weighted by molar-refractivity contribution is 7.92. The molecule has 2 aromatic carbocycles. The number of halogens is 2. The summed E-state index contributed by atoms with van der Waals surface area (Å²) in [5.74, 6) is -0.980. The quantitative estimate of drug-likeness (QED) is 0.595. The van der Waals surface area contributed by atoms with Crippen molar-refractivity contribution in [2.24, 2.45) is 5.92 Å². The van der Waals surface area contributed by atoms with Crippen LogP contribution in [0.3, 0.4) is 0 Å². The number of benzene rings is 2. The fourth-order valence-corrected chi connectivity index (χ4v) is 3.74. The van der Waals surface area contributed by atoms with Crippen molar-refractivity contribution >= 4 is 22.0 Å². The summed E-state index contributed by atoms with van der Waals surface area (Å²) in [6.45, 7) is 0.309. The van der Waals surface area contributed by atoms with Gasteiger partial charge in [0.25, 0.3) is 0 Å². The molecule has 2 rings (SSSR count). The minimum absolute atomic E-state index is 0.0553. The van der Waals surface area contributed by atoms with E-state index in [-0.39, 0.29) is 18.2 Å². The number of hydrogen-bond donors (Lipinski definition) is 2. The molecule has 0 aliphatic rings. The smallest absolute Gasteiger partial charge is 0.387 e. The first-order valence-corrected chi connectivity index (χ1v) is 10.8. The number of amides is 1. The van der Waals surface area contributed by atoms with Gasteiger partial charge in [-0.15, -0.1) is 0 Å². The molecule has 162 valence electrons. The average molecular weight is 438 g/mol. The zero-order valence-electron chi connectivity index (χ0n) is 16.6. The van der Waals surface area contributed by atoms with Gasteiger partial charge >= 0.3 is 6.61 Å². The number of nitrogens with one attached hydrogen (secondary N) is 2. The second-order valence-electron chi connectivity index (χ2n) is 6.80. The molecule has 2 N–H and O–H groups in total. The third-order valence-electron chi connectivity index (χ3n) is 4.12. The molecule has 0 radical (unpaired) electrons. The van der Waals surface area contributed by atoms with E-state index < -0.39 is 28.6 Å². The Balaban J connectivity index is 2.05. The van der Waals surface area contributed by atoms with Crippen molar-refractivity contribution in [3.63, 3.8) is 0 Å². The fraction of sp³-hybridized carbons (Fsp3) is 0.286. The van der Waals surface area contributed by atoms with E-state index in [0.29, 0.717) is 11.1 Å². The Morgan fingerprint density at radius 3 is 2.33 bits per heavy atom. The Morgan fingerprint density at radius 1 is 1.07 bits per heavy atom. The Kier molecular flexibility index (Phi) is 8.49. The summed E-state index contributed by atoms with van der Waals surface area (Å²) in [5.41, 5.74) is 1.05. The monoisotopic (exact) mass is 438 g/mol. The van der Waals surface area contributed by atoms with Crippen LogP contribution in [0.4, 0.5) is 8.78 Å². The molecule has 0 bridgehead atoms. The molecule has 0 aliphatic heterocycles. The predicted octanol–water partition coefficient (Wildman–Crippen LogP) is 3.52. The van der Waals surface area contributed by atoms with Gasteiger partial charge in [-0.05, 0) is 23.6 Å². The van der Waals surface area contributed by atoms with Gasteiger partial charge in [0.05, 0.1) is 0 Å². The first kappa shape index (κ1) is 23.5. The van der Waals surface area contributed by atoms with Crippen LogP contribution >= 0.6 is 0 Å². The maximum Gasteiger partial charge on any atom is 0.387 e. The fourth-order valence-electron chi connectivity index (χ4n) is 2.59. The van der Waals surface area contributed by atoms with E-state index in [2.05, 4.69) is 14.8 Å². The largest absolute Gasteiger partial charge is 0.434 e. The van der Waals surface area contributed by atoms with Crippen LogP contribution in [0.5, 0.6) is 5.75 Å². The first-order chi connectivity index (χ1) is 14.2. The number of alkyl halides is 2. The van der Waals surface area contributed by atoms with E-state index in [0.717, 1.165) is 5.41 Å². The van der Waals surface area contributed by atoms with Gasteiger partial charge in [0.2, 0.25) is 15.9 Å². The van der Waals surface area contributed by atoms with Crippen molar-refractivity contribution in [3.05, 3.63) is 71.1 Å². The maximum absolute atomic E-state index is 12.6. The number of para-hydroxylation sites is 1. The van der Waals surface area contributed by atoms with E-state index in [4.69, 9.17) is 0 Å². The lowest BCUT2D eigenvalue weighted by Gasteiger charge is -2.21. The molecule has 2 aromatic rings. The van der Waals surface area contributed by atoms with Crippen molar-refractivity contribution in [3.8, 4) is 5.75 Å². The number of carbonyl (C=O) groups excluding carboxylic acids is 1. The molecule has 30 heavy (non-hydrogen) atoms. The van der Waals surface area contributed by atoms with Crippen molar-refractivity contribution in [2.45, 2.75) is 33.0 Å².